The highest BCUT2D eigenvalue weighted by Gasteiger charge is 2.18. The van der Waals surface area contributed by atoms with Crippen LogP contribution >= 0.6 is 0 Å². The van der Waals surface area contributed by atoms with E-state index in [2.05, 4.69) is 10.3 Å². The van der Waals surface area contributed by atoms with Crippen LogP contribution in [-0.2, 0) is 24.3 Å². The van der Waals surface area contributed by atoms with E-state index in [1.165, 1.54) is 0 Å². The minimum atomic E-state index is -0.320. The highest BCUT2D eigenvalue weighted by Crippen LogP contribution is 2.14. The molecule has 1 amide bonds. The van der Waals surface area contributed by atoms with E-state index in [1.807, 2.05) is 11.5 Å². The number of nitrogens with two attached hydrogens (primary N) is 1. The predicted octanol–water partition coefficient (Wildman–Crippen LogP) is -0.677. The Balaban J connectivity index is 2.37. The molecule has 3 N–H and O–H groups in total. The lowest BCUT2D eigenvalue weighted by atomic mass is 10.2. The Bertz CT molecular complexity index is 369. The zero-order valence-electron chi connectivity index (χ0n) is 8.21. The minimum Gasteiger partial charge on any atom is -0.368 e. The van der Waals surface area contributed by atoms with Gasteiger partial charge in [0.15, 0.2) is 0 Å². The van der Waals surface area contributed by atoms with Crippen LogP contribution in [0.15, 0.2) is 0 Å². The molecule has 14 heavy (non-hydrogen) atoms. The smallest absolute Gasteiger partial charge is 0.237 e. The van der Waals surface area contributed by atoms with Crippen molar-refractivity contribution < 1.29 is 4.79 Å². The molecule has 0 unspecified atom stereocenters. The Kier molecular flexibility index (Phi) is 2.25. The summed E-state index contributed by atoms with van der Waals surface area (Å²) in [4.78, 5) is 15.3. The molecule has 0 spiro atoms. The number of fused-ring (bicyclic) bond motifs is 1. The molecular weight excluding hydrogens is 180 g/mol. The van der Waals surface area contributed by atoms with Crippen molar-refractivity contribution in [1.82, 2.24) is 14.9 Å². The summed E-state index contributed by atoms with van der Waals surface area (Å²) in [6, 6.07) is 0. The molecule has 76 valence electrons. The predicted molar refractivity (Wildman–Crippen MR) is 51.6 cm³/mol. The Morgan fingerprint density at radius 1 is 1.71 bits per heavy atom. The van der Waals surface area contributed by atoms with Gasteiger partial charge in [-0.15, -0.1) is 0 Å². The maximum Gasteiger partial charge on any atom is 0.237 e. The Labute approximate surface area is 82.3 Å². The first-order valence-corrected chi connectivity index (χ1v) is 4.72. The number of primary amides is 1. The highest BCUT2D eigenvalue weighted by atomic mass is 16.1. The van der Waals surface area contributed by atoms with Crippen molar-refractivity contribution in [3.63, 3.8) is 0 Å². The van der Waals surface area contributed by atoms with E-state index in [0.29, 0.717) is 0 Å². The fourth-order valence-electron chi connectivity index (χ4n) is 1.85. The summed E-state index contributed by atoms with van der Waals surface area (Å²) < 4.78 is 1.89. The van der Waals surface area contributed by atoms with Gasteiger partial charge in [0.1, 0.15) is 12.4 Å². The lowest BCUT2D eigenvalue weighted by Crippen LogP contribution is -2.27. The van der Waals surface area contributed by atoms with Crippen molar-refractivity contribution in [3.05, 3.63) is 17.2 Å². The third-order valence-corrected chi connectivity index (χ3v) is 2.49. The first kappa shape index (κ1) is 9.21. The summed E-state index contributed by atoms with van der Waals surface area (Å²) >= 11 is 0. The third kappa shape index (κ3) is 1.50. The van der Waals surface area contributed by atoms with Gasteiger partial charge in [0.05, 0.1) is 11.4 Å². The number of nitrogens with zero attached hydrogens (tertiary/aromatic N) is 2. The normalized spacial score (nSPS) is 15.2. The van der Waals surface area contributed by atoms with Gasteiger partial charge >= 0.3 is 0 Å². The standard InChI is InChI=1S/C9H14N4O/c1-6-12-7-2-3-11-4-8(7)13(6)5-9(10)14/h11H,2-5H2,1H3,(H2,10,14). The Hall–Kier alpha value is -1.36. The maximum atomic E-state index is 10.9. The van der Waals surface area contributed by atoms with Crippen LogP contribution in [-0.4, -0.2) is 22.0 Å². The van der Waals surface area contributed by atoms with E-state index < -0.39 is 0 Å². The number of aromatic nitrogens is 2. The van der Waals surface area contributed by atoms with E-state index >= 15 is 0 Å². The van der Waals surface area contributed by atoms with Crippen LogP contribution in [0.1, 0.15) is 17.2 Å². The minimum absolute atomic E-state index is 0.232. The van der Waals surface area contributed by atoms with E-state index in [4.69, 9.17) is 5.73 Å². The molecule has 0 aliphatic carbocycles. The van der Waals surface area contributed by atoms with Gasteiger partial charge in [0.2, 0.25) is 5.91 Å². The van der Waals surface area contributed by atoms with Gasteiger partial charge in [-0.05, 0) is 6.92 Å². The first-order valence-electron chi connectivity index (χ1n) is 4.72. The van der Waals surface area contributed by atoms with Crippen molar-refractivity contribution in [3.8, 4) is 0 Å². The quantitative estimate of drug-likeness (QED) is 0.655. The molecule has 0 fully saturated rings. The molecule has 1 aromatic rings. The van der Waals surface area contributed by atoms with Crippen molar-refractivity contribution in [1.29, 1.82) is 0 Å². The number of aryl methyl sites for hydroxylation is 1. The first-order chi connectivity index (χ1) is 6.68. The van der Waals surface area contributed by atoms with Crippen molar-refractivity contribution in [2.24, 2.45) is 5.73 Å². The number of imidazole rings is 1. The number of hydrogen-bond acceptors (Lipinski definition) is 3. The van der Waals surface area contributed by atoms with Gasteiger partial charge in [0.25, 0.3) is 0 Å². The van der Waals surface area contributed by atoms with Crippen LogP contribution < -0.4 is 11.1 Å². The molecule has 5 nitrogen and oxygen atoms in total. The lowest BCUT2D eigenvalue weighted by Gasteiger charge is -2.14. The van der Waals surface area contributed by atoms with E-state index in [-0.39, 0.29) is 12.5 Å². The van der Waals surface area contributed by atoms with Gasteiger partial charge in [-0.3, -0.25) is 4.79 Å². The van der Waals surface area contributed by atoms with Crippen LogP contribution in [0.5, 0.6) is 0 Å². The number of amides is 1. The van der Waals surface area contributed by atoms with Crippen LogP contribution in [0, 0.1) is 6.92 Å². The van der Waals surface area contributed by atoms with Crippen molar-refractivity contribution in [2.45, 2.75) is 26.4 Å². The average Bonchev–Trinajstić information content (AvgIpc) is 2.43. The van der Waals surface area contributed by atoms with Crippen LogP contribution in [0.4, 0.5) is 0 Å². The highest BCUT2D eigenvalue weighted by molar-refractivity contribution is 5.73. The molecule has 0 saturated heterocycles. The molecule has 2 heterocycles. The molecule has 0 saturated carbocycles. The lowest BCUT2D eigenvalue weighted by molar-refractivity contribution is -0.118. The molecule has 1 aliphatic rings. The molecule has 1 aromatic heterocycles. The SMILES string of the molecule is Cc1nc2c(n1CC(N)=O)CNCC2. The van der Waals surface area contributed by atoms with Gasteiger partial charge < -0.3 is 15.6 Å². The summed E-state index contributed by atoms with van der Waals surface area (Å²) in [7, 11) is 0. The van der Waals surface area contributed by atoms with Crippen LogP contribution in [0.25, 0.3) is 0 Å². The summed E-state index contributed by atoms with van der Waals surface area (Å²) in [6.07, 6.45) is 0.932. The van der Waals surface area contributed by atoms with Gasteiger partial charge in [-0.1, -0.05) is 0 Å². The fraction of sp³-hybridized carbons (Fsp3) is 0.556. The number of carbonyl (C=O) groups excluding carboxylic acids is 1. The summed E-state index contributed by atoms with van der Waals surface area (Å²) in [5, 5.41) is 3.25. The van der Waals surface area contributed by atoms with Crippen molar-refractivity contribution in [2.75, 3.05) is 6.54 Å². The molecule has 0 radical (unpaired) electrons. The van der Waals surface area contributed by atoms with Crippen LogP contribution in [0.3, 0.4) is 0 Å². The monoisotopic (exact) mass is 194 g/mol. The summed E-state index contributed by atoms with van der Waals surface area (Å²) in [6.45, 7) is 3.88. The molecule has 0 aromatic carbocycles. The van der Waals surface area contributed by atoms with Gasteiger partial charge in [-0.2, -0.15) is 0 Å². The molecule has 0 bridgehead atoms. The molecule has 0 atom stereocenters. The summed E-state index contributed by atoms with van der Waals surface area (Å²) in [5.74, 6) is 0.552. The van der Waals surface area contributed by atoms with Gasteiger partial charge in [-0.25, -0.2) is 4.98 Å². The second-order valence-electron chi connectivity index (χ2n) is 3.53. The van der Waals surface area contributed by atoms with Gasteiger partial charge in [0, 0.05) is 19.5 Å². The zero-order chi connectivity index (χ0) is 10.1. The number of carbonyl (C=O) groups is 1. The number of rotatable bonds is 2. The number of hydrogen-bond donors (Lipinski definition) is 2. The number of nitrogens with one attached hydrogen (secondary N) is 1. The molecule has 5 heteroatoms. The molecular formula is C9H14N4O. The Morgan fingerprint density at radius 3 is 3.21 bits per heavy atom. The molecule has 2 rings (SSSR count). The van der Waals surface area contributed by atoms with E-state index in [9.17, 15) is 4.79 Å². The second-order valence-corrected chi connectivity index (χ2v) is 3.53. The second kappa shape index (κ2) is 3.42. The topological polar surface area (TPSA) is 72.9 Å². The van der Waals surface area contributed by atoms with Crippen LogP contribution in [0.2, 0.25) is 0 Å². The Morgan fingerprint density at radius 2 is 2.50 bits per heavy atom. The van der Waals surface area contributed by atoms with E-state index in [1.54, 1.807) is 0 Å². The average molecular weight is 194 g/mol. The molecule has 1 aliphatic heterocycles. The third-order valence-electron chi connectivity index (χ3n) is 2.49. The zero-order valence-corrected chi connectivity index (χ0v) is 8.21. The maximum absolute atomic E-state index is 10.9. The van der Waals surface area contributed by atoms with E-state index in [0.717, 1.165) is 36.7 Å². The fourth-order valence-corrected chi connectivity index (χ4v) is 1.85. The summed E-state index contributed by atoms with van der Waals surface area (Å²) in [5.41, 5.74) is 7.38. The largest absolute Gasteiger partial charge is 0.368 e. The van der Waals surface area contributed by atoms with Crippen molar-refractivity contribution >= 4 is 5.91 Å².